The minimum Gasteiger partial charge on any atom is -0.460 e. The number of esters is 1. The monoisotopic (exact) mass is 280 g/mol. The van der Waals surface area contributed by atoms with Crippen molar-refractivity contribution in [2.45, 2.75) is 54.4 Å². The van der Waals surface area contributed by atoms with Gasteiger partial charge in [-0.05, 0) is 31.3 Å². The van der Waals surface area contributed by atoms with Crippen LogP contribution in [-0.4, -0.2) is 12.6 Å². The zero-order valence-electron chi connectivity index (χ0n) is 14.2. The first kappa shape index (κ1) is 21.0. The van der Waals surface area contributed by atoms with Gasteiger partial charge in [0.1, 0.15) is 6.61 Å². The van der Waals surface area contributed by atoms with E-state index in [9.17, 15) is 4.79 Å². The summed E-state index contributed by atoms with van der Waals surface area (Å²) in [6, 6.07) is 0. The topological polar surface area (TPSA) is 26.3 Å². The smallest absolute Gasteiger partial charge is 0.312 e. The normalized spacial score (nSPS) is 13.8. The SMILES string of the molecule is C=C/C=C(\C=C)COC(=O)C(C)(CC)CC(C)C.CC. The van der Waals surface area contributed by atoms with Crippen molar-refractivity contribution in [3.05, 3.63) is 37.0 Å². The van der Waals surface area contributed by atoms with Gasteiger partial charge in [-0.2, -0.15) is 0 Å². The van der Waals surface area contributed by atoms with E-state index in [2.05, 4.69) is 27.0 Å². The molecule has 2 nitrogen and oxygen atoms in total. The Morgan fingerprint density at radius 2 is 1.85 bits per heavy atom. The van der Waals surface area contributed by atoms with E-state index < -0.39 is 5.41 Å². The van der Waals surface area contributed by atoms with E-state index in [1.165, 1.54) is 0 Å². The molecule has 0 amide bonds. The molecule has 0 aliphatic heterocycles. The second kappa shape index (κ2) is 11.5. The summed E-state index contributed by atoms with van der Waals surface area (Å²) in [6.07, 6.45) is 6.78. The van der Waals surface area contributed by atoms with Crippen LogP contribution in [0.25, 0.3) is 0 Å². The molecule has 0 aromatic carbocycles. The number of carbonyl (C=O) groups is 1. The van der Waals surface area contributed by atoms with Crippen molar-refractivity contribution in [2.75, 3.05) is 6.61 Å². The summed E-state index contributed by atoms with van der Waals surface area (Å²) in [4.78, 5) is 12.1. The number of allylic oxidation sites excluding steroid dienone is 2. The second-order valence-electron chi connectivity index (χ2n) is 5.27. The fraction of sp³-hybridized carbons (Fsp3) is 0.611. The van der Waals surface area contributed by atoms with Crippen molar-refractivity contribution in [1.29, 1.82) is 0 Å². The lowest BCUT2D eigenvalue weighted by Crippen LogP contribution is -2.31. The Morgan fingerprint density at radius 3 is 2.20 bits per heavy atom. The Kier molecular flexibility index (Phi) is 12.1. The molecule has 0 heterocycles. The van der Waals surface area contributed by atoms with E-state index in [1.54, 1.807) is 18.2 Å². The Hall–Kier alpha value is -1.31. The zero-order chi connectivity index (χ0) is 16.2. The molecule has 0 aromatic rings. The van der Waals surface area contributed by atoms with Crippen molar-refractivity contribution < 1.29 is 9.53 Å². The summed E-state index contributed by atoms with van der Waals surface area (Å²) in [7, 11) is 0. The molecule has 0 aliphatic carbocycles. The van der Waals surface area contributed by atoms with Gasteiger partial charge in [-0.25, -0.2) is 0 Å². The molecule has 20 heavy (non-hydrogen) atoms. The zero-order valence-corrected chi connectivity index (χ0v) is 14.2. The first-order valence-electron chi connectivity index (χ1n) is 7.50. The van der Waals surface area contributed by atoms with Crippen molar-refractivity contribution in [2.24, 2.45) is 11.3 Å². The van der Waals surface area contributed by atoms with Gasteiger partial charge >= 0.3 is 5.97 Å². The van der Waals surface area contributed by atoms with Gasteiger partial charge in [0.05, 0.1) is 5.41 Å². The van der Waals surface area contributed by atoms with Crippen LogP contribution in [0.15, 0.2) is 37.0 Å². The molecule has 0 saturated heterocycles. The van der Waals surface area contributed by atoms with E-state index in [1.807, 2.05) is 27.7 Å². The van der Waals surface area contributed by atoms with Gasteiger partial charge in [0.2, 0.25) is 0 Å². The predicted octanol–water partition coefficient (Wildman–Crippen LogP) is 5.32. The Bertz CT molecular complexity index is 326. The minimum absolute atomic E-state index is 0.129. The first-order valence-corrected chi connectivity index (χ1v) is 7.50. The van der Waals surface area contributed by atoms with Crippen molar-refractivity contribution in [1.82, 2.24) is 0 Å². The van der Waals surface area contributed by atoms with Crippen LogP contribution in [0.1, 0.15) is 54.4 Å². The fourth-order valence-corrected chi connectivity index (χ4v) is 1.92. The second-order valence-corrected chi connectivity index (χ2v) is 5.27. The summed E-state index contributed by atoms with van der Waals surface area (Å²) >= 11 is 0. The van der Waals surface area contributed by atoms with Crippen LogP contribution in [0.2, 0.25) is 0 Å². The van der Waals surface area contributed by atoms with E-state index in [0.29, 0.717) is 5.92 Å². The Balaban J connectivity index is 0. The van der Waals surface area contributed by atoms with Crippen molar-refractivity contribution in [3.8, 4) is 0 Å². The standard InChI is InChI=1S/C16H26O2.C2H6/c1-7-10-14(8-2)12-18-15(17)16(6,9-3)11-13(4)5;1-2/h7-8,10,13H,1-2,9,11-12H2,3-6H3;1-2H3/b14-10+;. The fourth-order valence-electron chi connectivity index (χ4n) is 1.92. The molecular weight excluding hydrogens is 248 g/mol. The van der Waals surface area contributed by atoms with Crippen LogP contribution in [-0.2, 0) is 9.53 Å². The lowest BCUT2D eigenvalue weighted by atomic mass is 9.80. The highest BCUT2D eigenvalue weighted by molar-refractivity contribution is 5.76. The molecule has 0 aromatic heterocycles. The van der Waals surface area contributed by atoms with E-state index in [-0.39, 0.29) is 12.6 Å². The van der Waals surface area contributed by atoms with Gasteiger partial charge < -0.3 is 4.74 Å². The summed E-state index contributed by atoms with van der Waals surface area (Å²) in [5.74, 6) is 0.348. The molecule has 0 radical (unpaired) electrons. The molecule has 0 aliphatic rings. The molecule has 0 fully saturated rings. The minimum atomic E-state index is -0.394. The highest BCUT2D eigenvalue weighted by atomic mass is 16.5. The van der Waals surface area contributed by atoms with Crippen molar-refractivity contribution >= 4 is 5.97 Å². The molecule has 0 rings (SSSR count). The van der Waals surface area contributed by atoms with E-state index in [0.717, 1.165) is 18.4 Å². The third-order valence-corrected chi connectivity index (χ3v) is 3.10. The number of hydrogen-bond donors (Lipinski definition) is 0. The van der Waals surface area contributed by atoms with Gasteiger partial charge in [0.25, 0.3) is 0 Å². The summed E-state index contributed by atoms with van der Waals surface area (Å²) < 4.78 is 5.38. The maximum absolute atomic E-state index is 12.1. The first-order chi connectivity index (χ1) is 9.39. The average Bonchev–Trinajstić information content (AvgIpc) is 2.44. The molecule has 116 valence electrons. The van der Waals surface area contributed by atoms with E-state index in [4.69, 9.17) is 4.74 Å². The quantitative estimate of drug-likeness (QED) is 0.444. The van der Waals surface area contributed by atoms with Crippen LogP contribution >= 0.6 is 0 Å². The van der Waals surface area contributed by atoms with Crippen LogP contribution < -0.4 is 0 Å². The maximum Gasteiger partial charge on any atom is 0.312 e. The number of carbonyl (C=O) groups excluding carboxylic acids is 1. The molecule has 0 bridgehead atoms. The van der Waals surface area contributed by atoms with E-state index >= 15 is 0 Å². The molecule has 2 heteroatoms. The molecule has 0 saturated carbocycles. The van der Waals surface area contributed by atoms with Crippen LogP contribution in [0.4, 0.5) is 0 Å². The van der Waals surface area contributed by atoms with Crippen LogP contribution in [0.5, 0.6) is 0 Å². The number of rotatable bonds is 8. The maximum atomic E-state index is 12.1. The largest absolute Gasteiger partial charge is 0.460 e. The van der Waals surface area contributed by atoms with Gasteiger partial charge in [0.15, 0.2) is 0 Å². The highest BCUT2D eigenvalue weighted by Gasteiger charge is 2.33. The Morgan fingerprint density at radius 1 is 1.30 bits per heavy atom. The molecule has 0 spiro atoms. The number of hydrogen-bond acceptors (Lipinski definition) is 2. The average molecular weight is 280 g/mol. The third-order valence-electron chi connectivity index (χ3n) is 3.10. The Labute approximate surface area is 125 Å². The van der Waals surface area contributed by atoms with Gasteiger partial charge in [-0.3, -0.25) is 4.79 Å². The summed E-state index contributed by atoms with van der Waals surface area (Å²) in [6.45, 7) is 19.8. The molecule has 1 unspecified atom stereocenters. The van der Waals surface area contributed by atoms with Crippen LogP contribution in [0, 0.1) is 11.3 Å². The molecular formula is C18H32O2. The van der Waals surface area contributed by atoms with Crippen molar-refractivity contribution in [3.63, 3.8) is 0 Å². The summed E-state index contributed by atoms with van der Waals surface area (Å²) in [5.41, 5.74) is 0.468. The van der Waals surface area contributed by atoms with Gasteiger partial charge in [0, 0.05) is 0 Å². The van der Waals surface area contributed by atoms with Crippen LogP contribution in [0.3, 0.4) is 0 Å². The predicted molar refractivity (Wildman–Crippen MR) is 88.6 cm³/mol. The molecule has 0 N–H and O–H groups in total. The lowest BCUT2D eigenvalue weighted by Gasteiger charge is -2.27. The van der Waals surface area contributed by atoms with Gasteiger partial charge in [-0.1, -0.05) is 66.0 Å². The highest BCUT2D eigenvalue weighted by Crippen LogP contribution is 2.31. The molecule has 1 atom stereocenters. The van der Waals surface area contributed by atoms with Gasteiger partial charge in [-0.15, -0.1) is 0 Å². The summed E-state index contributed by atoms with van der Waals surface area (Å²) in [5, 5.41) is 0. The number of ether oxygens (including phenoxy) is 1. The lowest BCUT2D eigenvalue weighted by molar-refractivity contribution is -0.155. The third kappa shape index (κ3) is 7.98.